The number of aliphatic hydroxyl groups excluding tert-OH is 3. The Balaban J connectivity index is 5.63. The summed E-state index contributed by atoms with van der Waals surface area (Å²) < 4.78 is 5.46. The Hall–Kier alpha value is -3.67. The molecular weight excluding hydrogens is 538 g/mol. The molecule has 7 atom stereocenters. The number of rotatable bonds is 17. The topological polar surface area (TPSA) is 275 Å². The van der Waals surface area contributed by atoms with Gasteiger partial charge < -0.3 is 51.6 Å². The summed E-state index contributed by atoms with van der Waals surface area (Å²) in [6, 6.07) is -4.18. The van der Waals surface area contributed by atoms with Crippen molar-refractivity contribution in [1.29, 1.82) is 0 Å². The quantitative estimate of drug-likeness (QED) is 0.0773. The molecule has 0 spiro atoms. The van der Waals surface area contributed by atoms with Crippen LogP contribution < -0.4 is 21.7 Å². The summed E-state index contributed by atoms with van der Waals surface area (Å²) in [5.41, 5.74) is 5.31. The second kappa shape index (κ2) is 17.1. The zero-order valence-electron chi connectivity index (χ0n) is 22.9. The van der Waals surface area contributed by atoms with Gasteiger partial charge in [0.15, 0.2) is 0 Å². The predicted molar refractivity (Wildman–Crippen MR) is 135 cm³/mol. The van der Waals surface area contributed by atoms with Crippen LogP contribution in [0, 0.1) is 5.92 Å². The van der Waals surface area contributed by atoms with Crippen LogP contribution in [0.3, 0.4) is 0 Å². The maximum atomic E-state index is 12.9. The highest BCUT2D eigenvalue weighted by Gasteiger charge is 2.37. The molecule has 6 amide bonds. The van der Waals surface area contributed by atoms with Crippen LogP contribution in [0.2, 0.25) is 0 Å². The molecule has 0 aromatic rings. The van der Waals surface area contributed by atoms with Gasteiger partial charge in [0, 0.05) is 20.4 Å². The fourth-order valence-electron chi connectivity index (χ4n) is 3.33. The van der Waals surface area contributed by atoms with E-state index in [-0.39, 0.29) is 12.7 Å². The highest BCUT2D eigenvalue weighted by molar-refractivity contribution is 5.94. The normalized spacial score (nSPS) is 16.3. The SMILES string of the molecule is CC(=O)N[C@@H](C=O)[C@@H](OC(C)C(=O)NC(C(=O)NC(CCC(=O)N(C)C(=O)O)C(N)=O)C(C)C)[C@H](O)[C@H](O)CO. The van der Waals surface area contributed by atoms with Crippen LogP contribution in [0.4, 0.5) is 4.79 Å². The number of primary amides is 1. The second-order valence-corrected chi connectivity index (χ2v) is 9.31. The lowest BCUT2D eigenvalue weighted by molar-refractivity contribution is -0.158. The molecule has 0 fully saturated rings. The number of carbonyl (C=O) groups excluding carboxylic acids is 6. The minimum atomic E-state index is -1.91. The number of imide groups is 1. The zero-order valence-corrected chi connectivity index (χ0v) is 22.9. The van der Waals surface area contributed by atoms with Crippen molar-refractivity contribution >= 4 is 41.9 Å². The van der Waals surface area contributed by atoms with E-state index >= 15 is 0 Å². The number of aldehydes is 1. The summed E-state index contributed by atoms with van der Waals surface area (Å²) in [5, 5.41) is 45.1. The minimum Gasteiger partial charge on any atom is -0.465 e. The average Bonchev–Trinajstić information content (AvgIpc) is 2.88. The highest BCUT2D eigenvalue weighted by Crippen LogP contribution is 2.13. The molecule has 9 N–H and O–H groups in total. The standard InChI is InChI=1S/C23H39N5O12/c1-10(2)17(22(37)26-13(20(24)35)6-7-16(33)28(5)23(38)39)27-21(36)11(3)40-19(18(34)15(32)9-30)14(8-29)25-12(4)31/h8,10-11,13-15,17-19,30,32,34H,6-7,9H2,1-5H3,(H2,24,35)(H,25,31)(H,26,37)(H,27,36)(H,38,39)/t11?,13?,14-,15+,17?,18+,19+/m0/s1. The summed E-state index contributed by atoms with van der Waals surface area (Å²) in [5.74, 6) is -4.90. The van der Waals surface area contributed by atoms with Gasteiger partial charge >= 0.3 is 6.09 Å². The molecule has 40 heavy (non-hydrogen) atoms. The summed E-state index contributed by atoms with van der Waals surface area (Å²) in [4.78, 5) is 83.8. The number of aliphatic hydroxyl groups is 3. The summed E-state index contributed by atoms with van der Waals surface area (Å²) in [6.07, 6.45) is -8.93. The number of hydrogen-bond donors (Lipinski definition) is 8. The molecule has 0 aliphatic heterocycles. The lowest BCUT2D eigenvalue weighted by Crippen LogP contribution is -2.58. The van der Waals surface area contributed by atoms with Crippen molar-refractivity contribution in [2.75, 3.05) is 13.7 Å². The molecule has 0 aromatic heterocycles. The first-order valence-corrected chi connectivity index (χ1v) is 12.2. The van der Waals surface area contributed by atoms with E-state index in [0.29, 0.717) is 4.90 Å². The molecule has 3 unspecified atom stereocenters. The average molecular weight is 578 g/mol. The maximum absolute atomic E-state index is 12.9. The van der Waals surface area contributed by atoms with Crippen LogP contribution in [0.5, 0.6) is 0 Å². The Morgan fingerprint density at radius 2 is 1.57 bits per heavy atom. The smallest absolute Gasteiger partial charge is 0.413 e. The second-order valence-electron chi connectivity index (χ2n) is 9.31. The first kappa shape index (κ1) is 36.3. The van der Waals surface area contributed by atoms with Crippen molar-refractivity contribution in [3.63, 3.8) is 0 Å². The number of nitrogens with one attached hydrogen (secondary N) is 3. The molecule has 17 nitrogen and oxygen atoms in total. The summed E-state index contributed by atoms with van der Waals surface area (Å²) in [6.45, 7) is 4.46. The number of carbonyl (C=O) groups is 7. The molecular formula is C23H39N5O12. The minimum absolute atomic E-state index is 0.206. The van der Waals surface area contributed by atoms with Gasteiger partial charge in [0.25, 0.3) is 0 Å². The lowest BCUT2D eigenvalue weighted by atomic mass is 10.0. The number of nitrogens with two attached hydrogens (primary N) is 1. The van der Waals surface area contributed by atoms with E-state index in [9.17, 15) is 43.8 Å². The van der Waals surface area contributed by atoms with E-state index in [1.807, 2.05) is 0 Å². The molecule has 0 aliphatic rings. The van der Waals surface area contributed by atoms with Crippen LogP contribution in [0.25, 0.3) is 0 Å². The van der Waals surface area contributed by atoms with Gasteiger partial charge in [-0.3, -0.25) is 28.9 Å². The van der Waals surface area contributed by atoms with E-state index in [1.165, 1.54) is 6.92 Å². The molecule has 228 valence electrons. The van der Waals surface area contributed by atoms with Gasteiger partial charge in [0.1, 0.15) is 48.8 Å². The first-order valence-electron chi connectivity index (χ1n) is 12.2. The Labute approximate surface area is 230 Å². The fourth-order valence-corrected chi connectivity index (χ4v) is 3.33. The Morgan fingerprint density at radius 1 is 1.00 bits per heavy atom. The molecule has 17 heteroatoms. The number of ether oxygens (including phenoxy) is 1. The maximum Gasteiger partial charge on any atom is 0.413 e. The van der Waals surface area contributed by atoms with Gasteiger partial charge in [-0.15, -0.1) is 0 Å². The van der Waals surface area contributed by atoms with Gasteiger partial charge in [-0.2, -0.15) is 0 Å². The van der Waals surface area contributed by atoms with Gasteiger partial charge in [-0.25, -0.2) is 4.79 Å². The Morgan fingerprint density at radius 3 is 2.00 bits per heavy atom. The van der Waals surface area contributed by atoms with Crippen molar-refractivity contribution in [3.05, 3.63) is 0 Å². The molecule has 0 radical (unpaired) electrons. The van der Waals surface area contributed by atoms with Crippen LogP contribution in [-0.2, 0) is 33.5 Å². The van der Waals surface area contributed by atoms with Gasteiger partial charge in [0.2, 0.25) is 29.5 Å². The molecule has 0 rings (SSSR count). The molecule has 0 saturated carbocycles. The van der Waals surface area contributed by atoms with E-state index in [1.54, 1.807) is 13.8 Å². The molecule has 0 saturated heterocycles. The third-order valence-corrected chi connectivity index (χ3v) is 5.73. The van der Waals surface area contributed by atoms with E-state index in [2.05, 4.69) is 16.0 Å². The van der Waals surface area contributed by atoms with E-state index in [0.717, 1.165) is 14.0 Å². The third kappa shape index (κ3) is 11.6. The van der Waals surface area contributed by atoms with Crippen molar-refractivity contribution < 1.29 is 58.7 Å². The molecule has 0 aliphatic carbocycles. The third-order valence-electron chi connectivity index (χ3n) is 5.73. The summed E-state index contributed by atoms with van der Waals surface area (Å²) in [7, 11) is 1.01. The van der Waals surface area contributed by atoms with Gasteiger partial charge in [0.05, 0.1) is 6.61 Å². The zero-order chi connectivity index (χ0) is 31.3. The Bertz CT molecular complexity index is 930. The van der Waals surface area contributed by atoms with Crippen molar-refractivity contribution in [2.45, 2.75) is 83.1 Å². The fraction of sp³-hybridized carbons (Fsp3) is 0.696. The number of hydrogen-bond acceptors (Lipinski definition) is 11. The Kier molecular flexibility index (Phi) is 15.5. The summed E-state index contributed by atoms with van der Waals surface area (Å²) >= 11 is 0. The van der Waals surface area contributed by atoms with Crippen LogP contribution in [-0.4, -0.2) is 123 Å². The van der Waals surface area contributed by atoms with Crippen molar-refractivity contribution in [1.82, 2.24) is 20.9 Å². The largest absolute Gasteiger partial charge is 0.465 e. The molecule has 0 aromatic carbocycles. The van der Waals surface area contributed by atoms with Crippen LogP contribution in [0.15, 0.2) is 0 Å². The highest BCUT2D eigenvalue weighted by atomic mass is 16.5. The number of carboxylic acid groups (broad SMARTS) is 1. The molecule has 0 heterocycles. The lowest BCUT2D eigenvalue weighted by Gasteiger charge is -2.32. The van der Waals surface area contributed by atoms with Crippen LogP contribution in [0.1, 0.15) is 40.5 Å². The first-order chi connectivity index (χ1) is 18.5. The predicted octanol–water partition coefficient (Wildman–Crippen LogP) is -3.79. The number of nitrogens with zero attached hydrogens (tertiary/aromatic N) is 1. The van der Waals surface area contributed by atoms with Crippen molar-refractivity contribution in [3.8, 4) is 0 Å². The van der Waals surface area contributed by atoms with E-state index in [4.69, 9.17) is 20.7 Å². The number of amides is 6. The van der Waals surface area contributed by atoms with E-state index < -0.39 is 97.1 Å². The monoisotopic (exact) mass is 577 g/mol. The van der Waals surface area contributed by atoms with Gasteiger partial charge in [-0.1, -0.05) is 13.8 Å². The van der Waals surface area contributed by atoms with Crippen LogP contribution >= 0.6 is 0 Å². The van der Waals surface area contributed by atoms with Crippen molar-refractivity contribution in [2.24, 2.45) is 11.7 Å². The molecule has 0 bridgehead atoms. The van der Waals surface area contributed by atoms with Gasteiger partial charge in [-0.05, 0) is 19.3 Å².